The van der Waals surface area contributed by atoms with Gasteiger partial charge in [0.15, 0.2) is 0 Å². The maximum atomic E-state index is 12.2. The van der Waals surface area contributed by atoms with E-state index in [1.807, 2.05) is 69.3 Å². The molecule has 2 aromatic carbocycles. The average molecular weight is 356 g/mol. The molecule has 0 saturated heterocycles. The summed E-state index contributed by atoms with van der Waals surface area (Å²) in [5, 5.41) is 3.71. The lowest BCUT2D eigenvalue weighted by Gasteiger charge is -2.18. The second kappa shape index (κ2) is 6.89. The predicted octanol–water partition coefficient (Wildman–Crippen LogP) is 4.40. The molecule has 0 radical (unpaired) electrons. The number of nitrogens with zero attached hydrogens (tertiary/aromatic N) is 2. The predicted molar refractivity (Wildman–Crippen MR) is 102 cm³/mol. The lowest BCUT2D eigenvalue weighted by Crippen LogP contribution is -2.35. The number of para-hydroxylation sites is 2. The van der Waals surface area contributed by atoms with Gasteiger partial charge in [0.1, 0.15) is 5.82 Å². The maximum Gasteiger partial charge on any atom is 0.225 e. The molecule has 1 heterocycles. The highest BCUT2D eigenvalue weighted by atomic mass is 35.5. The van der Waals surface area contributed by atoms with Crippen LogP contribution < -0.4 is 5.32 Å². The van der Waals surface area contributed by atoms with Gasteiger partial charge in [-0.2, -0.15) is 0 Å². The van der Waals surface area contributed by atoms with E-state index in [-0.39, 0.29) is 5.91 Å². The van der Waals surface area contributed by atoms with Crippen LogP contribution in [0.5, 0.6) is 0 Å². The molecule has 1 N–H and O–H groups in total. The molecule has 0 bridgehead atoms. The van der Waals surface area contributed by atoms with Crippen LogP contribution in [0.25, 0.3) is 11.0 Å². The van der Waals surface area contributed by atoms with Gasteiger partial charge in [-0.05, 0) is 29.8 Å². The van der Waals surface area contributed by atoms with E-state index in [2.05, 4.69) is 9.88 Å². The van der Waals surface area contributed by atoms with E-state index in [1.165, 1.54) is 0 Å². The van der Waals surface area contributed by atoms with E-state index < -0.39 is 5.41 Å². The number of carbonyl (C=O) groups excluding carboxylic acids is 1. The molecule has 0 atom stereocenters. The van der Waals surface area contributed by atoms with Gasteiger partial charge in [0.05, 0.1) is 17.6 Å². The zero-order valence-corrected chi connectivity index (χ0v) is 15.5. The van der Waals surface area contributed by atoms with Crippen molar-refractivity contribution >= 4 is 28.5 Å². The summed E-state index contributed by atoms with van der Waals surface area (Å²) < 4.78 is 2.14. The van der Waals surface area contributed by atoms with Crippen molar-refractivity contribution in [3.05, 3.63) is 64.9 Å². The fourth-order valence-corrected chi connectivity index (χ4v) is 2.76. The van der Waals surface area contributed by atoms with Crippen molar-refractivity contribution in [3.63, 3.8) is 0 Å². The number of hydrogen-bond acceptors (Lipinski definition) is 2. The first kappa shape index (κ1) is 17.5. The Kier molecular flexibility index (Phi) is 4.82. The van der Waals surface area contributed by atoms with Crippen LogP contribution in [0.2, 0.25) is 5.02 Å². The Balaban J connectivity index is 1.91. The zero-order valence-electron chi connectivity index (χ0n) is 14.7. The van der Waals surface area contributed by atoms with Crippen LogP contribution in [0.1, 0.15) is 32.2 Å². The Bertz CT molecular complexity index is 891. The molecule has 0 unspecified atom stereocenters. The van der Waals surface area contributed by atoms with Crippen molar-refractivity contribution in [3.8, 4) is 0 Å². The standard InChI is InChI=1S/C20H22ClN3O/c1-20(2,3)19(25)22-12-18-23-16-6-4-5-7-17(16)24(18)13-14-8-10-15(21)11-9-14/h4-11H,12-13H2,1-3H3,(H,22,25). The summed E-state index contributed by atoms with van der Waals surface area (Å²) in [5.41, 5.74) is 2.69. The number of imidazole rings is 1. The van der Waals surface area contributed by atoms with Crippen LogP contribution >= 0.6 is 11.6 Å². The SMILES string of the molecule is CC(C)(C)C(=O)NCc1nc2ccccc2n1Cc1ccc(Cl)cc1. The average Bonchev–Trinajstić information content (AvgIpc) is 2.91. The van der Waals surface area contributed by atoms with E-state index in [0.29, 0.717) is 13.1 Å². The molecule has 0 aliphatic carbocycles. The molecule has 0 spiro atoms. The van der Waals surface area contributed by atoms with Crippen molar-refractivity contribution in [1.29, 1.82) is 0 Å². The van der Waals surface area contributed by atoms with Gasteiger partial charge in [0.2, 0.25) is 5.91 Å². The fraction of sp³-hybridized carbons (Fsp3) is 0.300. The van der Waals surface area contributed by atoms with Crippen molar-refractivity contribution in [2.24, 2.45) is 5.41 Å². The largest absolute Gasteiger partial charge is 0.348 e. The number of amides is 1. The fourth-order valence-electron chi connectivity index (χ4n) is 2.63. The van der Waals surface area contributed by atoms with Crippen LogP contribution in [0.4, 0.5) is 0 Å². The Morgan fingerprint density at radius 3 is 2.48 bits per heavy atom. The minimum Gasteiger partial charge on any atom is -0.348 e. The molecule has 0 saturated carbocycles. The Hall–Kier alpha value is -2.33. The summed E-state index contributed by atoms with van der Waals surface area (Å²) in [4.78, 5) is 16.9. The number of nitrogens with one attached hydrogen (secondary N) is 1. The molecule has 0 aliphatic heterocycles. The molecule has 1 aromatic heterocycles. The highest BCUT2D eigenvalue weighted by molar-refractivity contribution is 6.30. The second-order valence-electron chi connectivity index (χ2n) is 7.16. The van der Waals surface area contributed by atoms with E-state index in [1.54, 1.807) is 0 Å². The van der Waals surface area contributed by atoms with Crippen molar-refractivity contribution in [2.75, 3.05) is 0 Å². The molecule has 4 nitrogen and oxygen atoms in total. The number of rotatable bonds is 4. The number of aromatic nitrogens is 2. The third kappa shape index (κ3) is 4.02. The zero-order chi connectivity index (χ0) is 18.0. The van der Waals surface area contributed by atoms with Gasteiger partial charge < -0.3 is 9.88 Å². The maximum absolute atomic E-state index is 12.2. The summed E-state index contributed by atoms with van der Waals surface area (Å²) in [6, 6.07) is 15.8. The van der Waals surface area contributed by atoms with E-state index in [9.17, 15) is 4.79 Å². The Labute approximate surface area is 152 Å². The Morgan fingerprint density at radius 2 is 1.80 bits per heavy atom. The van der Waals surface area contributed by atoms with Gasteiger partial charge in [-0.1, -0.05) is 56.6 Å². The first-order chi connectivity index (χ1) is 11.8. The minimum atomic E-state index is -0.424. The van der Waals surface area contributed by atoms with Gasteiger partial charge in [0.25, 0.3) is 0 Å². The molecule has 25 heavy (non-hydrogen) atoms. The summed E-state index contributed by atoms with van der Waals surface area (Å²) >= 11 is 5.98. The summed E-state index contributed by atoms with van der Waals surface area (Å²) in [6.45, 7) is 6.79. The molecular weight excluding hydrogens is 334 g/mol. The highest BCUT2D eigenvalue weighted by Gasteiger charge is 2.21. The Morgan fingerprint density at radius 1 is 1.12 bits per heavy atom. The van der Waals surface area contributed by atoms with Gasteiger partial charge >= 0.3 is 0 Å². The lowest BCUT2D eigenvalue weighted by atomic mass is 9.96. The second-order valence-corrected chi connectivity index (χ2v) is 7.60. The van der Waals surface area contributed by atoms with Crippen LogP contribution in [0.15, 0.2) is 48.5 Å². The normalized spacial score (nSPS) is 11.7. The third-order valence-corrected chi connectivity index (χ3v) is 4.33. The first-order valence-corrected chi connectivity index (χ1v) is 8.69. The molecule has 1 amide bonds. The van der Waals surface area contributed by atoms with E-state index >= 15 is 0 Å². The molecule has 0 aliphatic rings. The molecular formula is C20H22ClN3O. The quantitative estimate of drug-likeness (QED) is 0.754. The molecule has 130 valence electrons. The first-order valence-electron chi connectivity index (χ1n) is 8.31. The molecule has 5 heteroatoms. The van der Waals surface area contributed by atoms with Crippen LogP contribution in [-0.4, -0.2) is 15.5 Å². The number of carbonyl (C=O) groups is 1. The van der Waals surface area contributed by atoms with Gasteiger partial charge in [-0.3, -0.25) is 4.79 Å². The summed E-state index contributed by atoms with van der Waals surface area (Å²) in [6.07, 6.45) is 0. The number of hydrogen-bond donors (Lipinski definition) is 1. The number of benzene rings is 2. The van der Waals surface area contributed by atoms with Gasteiger partial charge in [-0.25, -0.2) is 4.98 Å². The summed E-state index contributed by atoms with van der Waals surface area (Å²) in [5.74, 6) is 0.853. The number of fused-ring (bicyclic) bond motifs is 1. The topological polar surface area (TPSA) is 46.9 Å². The van der Waals surface area contributed by atoms with E-state index in [4.69, 9.17) is 16.6 Å². The molecule has 3 rings (SSSR count). The van der Waals surface area contributed by atoms with Crippen molar-refractivity contribution in [1.82, 2.24) is 14.9 Å². The third-order valence-electron chi connectivity index (χ3n) is 4.08. The van der Waals surface area contributed by atoms with E-state index in [0.717, 1.165) is 27.4 Å². The molecule has 0 fully saturated rings. The molecule has 3 aromatic rings. The van der Waals surface area contributed by atoms with Crippen LogP contribution in [0.3, 0.4) is 0 Å². The monoisotopic (exact) mass is 355 g/mol. The smallest absolute Gasteiger partial charge is 0.225 e. The van der Waals surface area contributed by atoms with Crippen LogP contribution in [-0.2, 0) is 17.9 Å². The van der Waals surface area contributed by atoms with Crippen molar-refractivity contribution < 1.29 is 4.79 Å². The highest BCUT2D eigenvalue weighted by Crippen LogP contribution is 2.20. The van der Waals surface area contributed by atoms with Crippen molar-refractivity contribution in [2.45, 2.75) is 33.9 Å². The van der Waals surface area contributed by atoms with Gasteiger partial charge in [0, 0.05) is 17.0 Å². The summed E-state index contributed by atoms with van der Waals surface area (Å²) in [7, 11) is 0. The van der Waals surface area contributed by atoms with Crippen LogP contribution in [0, 0.1) is 5.41 Å². The minimum absolute atomic E-state index is 0.0117. The van der Waals surface area contributed by atoms with Gasteiger partial charge in [-0.15, -0.1) is 0 Å². The lowest BCUT2D eigenvalue weighted by molar-refractivity contribution is -0.128. The number of halogens is 1.